The first kappa shape index (κ1) is 14.4. The maximum Gasteiger partial charge on any atom is 0.227 e. The summed E-state index contributed by atoms with van der Waals surface area (Å²) in [6.45, 7) is 0. The smallest absolute Gasteiger partial charge is 0.227 e. The molecule has 1 heterocycles. The van der Waals surface area contributed by atoms with E-state index in [0.717, 1.165) is 35.5 Å². The molecule has 120 valence electrons. The van der Waals surface area contributed by atoms with Crippen molar-refractivity contribution in [3.05, 3.63) is 54.7 Å². The van der Waals surface area contributed by atoms with Crippen molar-refractivity contribution in [2.75, 3.05) is 11.1 Å². The molecule has 1 amide bonds. The molecule has 0 radical (unpaired) electrons. The molecule has 4 rings (SSSR count). The van der Waals surface area contributed by atoms with Gasteiger partial charge in [0.25, 0.3) is 0 Å². The molecule has 6 nitrogen and oxygen atoms in total. The maximum absolute atomic E-state index is 11.8. The highest BCUT2D eigenvalue weighted by Crippen LogP contribution is 2.30. The number of amides is 1. The second kappa shape index (κ2) is 5.81. The van der Waals surface area contributed by atoms with E-state index in [1.54, 1.807) is 10.9 Å². The van der Waals surface area contributed by atoms with E-state index < -0.39 is 0 Å². The highest BCUT2D eigenvalue weighted by Gasteiger charge is 2.29. The first-order chi connectivity index (χ1) is 11.7. The fourth-order valence-electron chi connectivity index (χ4n) is 2.55. The summed E-state index contributed by atoms with van der Waals surface area (Å²) in [7, 11) is 0. The molecule has 3 N–H and O–H groups in total. The zero-order valence-corrected chi connectivity index (χ0v) is 13.0. The van der Waals surface area contributed by atoms with Crippen molar-refractivity contribution in [1.29, 1.82) is 0 Å². The topological polar surface area (TPSA) is 85.8 Å². The van der Waals surface area contributed by atoms with Gasteiger partial charge in [-0.05, 0) is 49.2 Å². The highest BCUT2D eigenvalue weighted by molar-refractivity contribution is 5.94. The number of hydrogen-bond donors (Lipinski definition) is 2. The number of nitrogens with one attached hydrogen (secondary N) is 1. The number of aromatic nitrogens is 3. The van der Waals surface area contributed by atoms with E-state index in [1.807, 2.05) is 48.5 Å². The number of carbonyl (C=O) groups is 1. The van der Waals surface area contributed by atoms with Crippen molar-refractivity contribution < 1.29 is 4.79 Å². The molecule has 2 aromatic carbocycles. The number of anilines is 2. The van der Waals surface area contributed by atoms with Gasteiger partial charge in [-0.1, -0.05) is 17.3 Å². The Balaban J connectivity index is 1.59. The second-order valence-corrected chi connectivity index (χ2v) is 5.96. The molecule has 1 aromatic heterocycles. The quantitative estimate of drug-likeness (QED) is 0.724. The van der Waals surface area contributed by atoms with Crippen LogP contribution in [0.15, 0.2) is 54.7 Å². The molecule has 0 saturated heterocycles. The fraction of sp³-hybridized carbons (Fsp3) is 0.167. The van der Waals surface area contributed by atoms with E-state index in [-0.39, 0.29) is 11.8 Å². The molecular weight excluding hydrogens is 302 g/mol. The van der Waals surface area contributed by atoms with E-state index in [1.165, 1.54) is 0 Å². The molecule has 0 aliphatic heterocycles. The van der Waals surface area contributed by atoms with Crippen LogP contribution in [0.25, 0.3) is 16.9 Å². The molecule has 0 bridgehead atoms. The Morgan fingerprint density at radius 1 is 1.08 bits per heavy atom. The monoisotopic (exact) mass is 319 g/mol. The van der Waals surface area contributed by atoms with Crippen LogP contribution in [0.5, 0.6) is 0 Å². The molecule has 1 saturated carbocycles. The Labute approximate surface area is 139 Å². The molecular formula is C18H17N5O. The lowest BCUT2D eigenvalue weighted by atomic mass is 10.1. The van der Waals surface area contributed by atoms with Gasteiger partial charge in [0.15, 0.2) is 0 Å². The molecule has 1 aliphatic carbocycles. The van der Waals surface area contributed by atoms with Crippen molar-refractivity contribution in [1.82, 2.24) is 15.0 Å². The van der Waals surface area contributed by atoms with Crippen LogP contribution in [0.3, 0.4) is 0 Å². The van der Waals surface area contributed by atoms with Crippen LogP contribution < -0.4 is 11.1 Å². The van der Waals surface area contributed by atoms with Gasteiger partial charge in [0, 0.05) is 22.9 Å². The number of carbonyl (C=O) groups excluding carboxylic acids is 1. The zero-order valence-electron chi connectivity index (χ0n) is 13.0. The standard InChI is InChI=1S/C18H17N5O/c19-14-5-9-16(10-6-14)23-17(11-20-22-23)12-3-7-15(8-4-12)21-18(24)13-1-2-13/h3-11,13H,1-2,19H2,(H,21,24). The van der Waals surface area contributed by atoms with E-state index in [9.17, 15) is 4.79 Å². The molecule has 0 spiro atoms. The van der Waals surface area contributed by atoms with Gasteiger partial charge in [0.2, 0.25) is 5.91 Å². The zero-order chi connectivity index (χ0) is 16.5. The van der Waals surface area contributed by atoms with Crippen LogP contribution in [0.1, 0.15) is 12.8 Å². The molecule has 24 heavy (non-hydrogen) atoms. The summed E-state index contributed by atoms with van der Waals surface area (Å²) < 4.78 is 1.76. The maximum atomic E-state index is 11.8. The van der Waals surface area contributed by atoms with Crippen molar-refractivity contribution in [2.45, 2.75) is 12.8 Å². The number of hydrogen-bond acceptors (Lipinski definition) is 4. The molecule has 0 atom stereocenters. The number of benzene rings is 2. The van der Waals surface area contributed by atoms with Gasteiger partial charge in [0.05, 0.1) is 17.6 Å². The largest absolute Gasteiger partial charge is 0.399 e. The van der Waals surface area contributed by atoms with E-state index in [0.29, 0.717) is 5.69 Å². The summed E-state index contributed by atoms with van der Waals surface area (Å²) in [6, 6.07) is 15.2. The van der Waals surface area contributed by atoms with Crippen LogP contribution in [-0.2, 0) is 4.79 Å². The summed E-state index contributed by atoms with van der Waals surface area (Å²) in [5.74, 6) is 0.303. The lowest BCUT2D eigenvalue weighted by Gasteiger charge is -2.08. The predicted octanol–water partition coefficient (Wildman–Crippen LogP) is 2.87. The Bertz CT molecular complexity index is 863. The van der Waals surface area contributed by atoms with Gasteiger partial charge < -0.3 is 11.1 Å². The normalized spacial score (nSPS) is 13.7. The van der Waals surface area contributed by atoms with E-state index in [4.69, 9.17) is 5.73 Å². The lowest BCUT2D eigenvalue weighted by molar-refractivity contribution is -0.117. The van der Waals surface area contributed by atoms with Crippen molar-refractivity contribution in [3.8, 4) is 16.9 Å². The Hall–Kier alpha value is -3.15. The first-order valence-corrected chi connectivity index (χ1v) is 7.88. The van der Waals surface area contributed by atoms with Gasteiger partial charge in [-0.25, -0.2) is 4.68 Å². The third-order valence-electron chi connectivity index (χ3n) is 4.08. The van der Waals surface area contributed by atoms with E-state index in [2.05, 4.69) is 15.6 Å². The first-order valence-electron chi connectivity index (χ1n) is 7.88. The minimum absolute atomic E-state index is 0.108. The fourth-order valence-corrected chi connectivity index (χ4v) is 2.55. The van der Waals surface area contributed by atoms with Crippen LogP contribution >= 0.6 is 0 Å². The SMILES string of the molecule is Nc1ccc(-n2nncc2-c2ccc(NC(=O)C3CC3)cc2)cc1. The summed E-state index contributed by atoms with van der Waals surface area (Å²) in [4.78, 5) is 11.8. The Morgan fingerprint density at radius 3 is 2.46 bits per heavy atom. The number of nitrogens with zero attached hydrogens (tertiary/aromatic N) is 3. The molecule has 6 heteroatoms. The van der Waals surface area contributed by atoms with Crippen LogP contribution in [0.2, 0.25) is 0 Å². The number of nitrogen functional groups attached to an aromatic ring is 1. The molecule has 0 unspecified atom stereocenters. The van der Waals surface area contributed by atoms with Crippen LogP contribution in [-0.4, -0.2) is 20.9 Å². The average Bonchev–Trinajstić information content (AvgIpc) is 3.34. The third-order valence-corrected chi connectivity index (χ3v) is 4.08. The summed E-state index contributed by atoms with van der Waals surface area (Å²) in [5.41, 5.74) is 9.98. The predicted molar refractivity (Wildman–Crippen MR) is 92.6 cm³/mol. The van der Waals surface area contributed by atoms with Gasteiger partial charge in [-0.2, -0.15) is 0 Å². The number of rotatable bonds is 4. The minimum Gasteiger partial charge on any atom is -0.399 e. The van der Waals surface area contributed by atoms with Crippen LogP contribution in [0.4, 0.5) is 11.4 Å². The molecule has 1 fully saturated rings. The molecule has 1 aliphatic rings. The van der Waals surface area contributed by atoms with Gasteiger partial charge in [-0.3, -0.25) is 4.79 Å². The average molecular weight is 319 g/mol. The van der Waals surface area contributed by atoms with Crippen molar-refractivity contribution in [3.63, 3.8) is 0 Å². The van der Waals surface area contributed by atoms with Gasteiger partial charge in [-0.15, -0.1) is 5.10 Å². The third kappa shape index (κ3) is 2.86. The Morgan fingerprint density at radius 2 is 1.79 bits per heavy atom. The summed E-state index contributed by atoms with van der Waals surface area (Å²) in [5, 5.41) is 11.1. The van der Waals surface area contributed by atoms with Crippen molar-refractivity contribution >= 4 is 17.3 Å². The van der Waals surface area contributed by atoms with Crippen LogP contribution in [0, 0.1) is 5.92 Å². The molecule has 3 aromatic rings. The highest BCUT2D eigenvalue weighted by atomic mass is 16.2. The van der Waals surface area contributed by atoms with Crippen molar-refractivity contribution in [2.24, 2.45) is 5.92 Å². The number of nitrogens with two attached hydrogens (primary N) is 1. The Kier molecular flexibility index (Phi) is 3.49. The summed E-state index contributed by atoms with van der Waals surface area (Å²) in [6.07, 6.45) is 3.71. The second-order valence-electron chi connectivity index (χ2n) is 5.96. The minimum atomic E-state index is 0.108. The lowest BCUT2D eigenvalue weighted by Crippen LogP contribution is -2.13. The van der Waals surface area contributed by atoms with E-state index >= 15 is 0 Å². The summed E-state index contributed by atoms with van der Waals surface area (Å²) >= 11 is 0. The van der Waals surface area contributed by atoms with Gasteiger partial charge >= 0.3 is 0 Å². The van der Waals surface area contributed by atoms with Gasteiger partial charge in [0.1, 0.15) is 0 Å².